The standard InChI is InChI=1S/C26H21FN8/c27-19-3-1-2-17-20(7-9-32-23(17)19)35-21-11-16(15-6-8-31-22(29)12-15)10-18(25(30)33-13-28)24(21)34-26(35)14-4-5-14/h1-3,6-14H,4-5H2,(H2,29,31)(H3,28,30,33). The Morgan fingerprint density at radius 1 is 1.06 bits per heavy atom. The summed E-state index contributed by atoms with van der Waals surface area (Å²) in [6.45, 7) is 0. The molecule has 5 N–H and O–H groups in total. The molecule has 0 saturated heterocycles. The van der Waals surface area contributed by atoms with Crippen molar-refractivity contribution in [2.24, 2.45) is 10.7 Å². The molecule has 0 atom stereocenters. The number of rotatable bonds is 5. The number of hydrogen-bond acceptors (Lipinski definition) is 5. The minimum atomic E-state index is -0.377. The van der Waals surface area contributed by atoms with Gasteiger partial charge in [0.15, 0.2) is 0 Å². The lowest BCUT2D eigenvalue weighted by atomic mass is 10.0. The van der Waals surface area contributed by atoms with Crippen LogP contribution in [0.2, 0.25) is 0 Å². The summed E-state index contributed by atoms with van der Waals surface area (Å²) < 4.78 is 16.7. The molecule has 5 aromatic rings. The van der Waals surface area contributed by atoms with Crippen molar-refractivity contribution in [1.29, 1.82) is 5.41 Å². The number of aliphatic imine (C=N–C) groups is 1. The smallest absolute Gasteiger partial charge is 0.149 e. The van der Waals surface area contributed by atoms with Crippen LogP contribution in [0, 0.1) is 11.2 Å². The van der Waals surface area contributed by atoms with Crippen LogP contribution < -0.4 is 11.5 Å². The first kappa shape index (κ1) is 20.9. The number of fused-ring (bicyclic) bond motifs is 2. The number of amidine groups is 1. The van der Waals surface area contributed by atoms with Crippen molar-refractivity contribution >= 4 is 39.9 Å². The van der Waals surface area contributed by atoms with Crippen LogP contribution in [0.3, 0.4) is 0 Å². The number of nitrogen functional groups attached to an aromatic ring is 1. The van der Waals surface area contributed by atoms with E-state index in [2.05, 4.69) is 19.5 Å². The van der Waals surface area contributed by atoms with Crippen LogP contribution in [0.5, 0.6) is 0 Å². The van der Waals surface area contributed by atoms with E-state index < -0.39 is 0 Å². The first-order valence-electron chi connectivity index (χ1n) is 11.2. The zero-order valence-electron chi connectivity index (χ0n) is 18.6. The van der Waals surface area contributed by atoms with Crippen molar-refractivity contribution in [2.45, 2.75) is 18.8 Å². The Labute approximate surface area is 199 Å². The van der Waals surface area contributed by atoms with Gasteiger partial charge in [-0.05, 0) is 60.4 Å². The minimum Gasteiger partial charge on any atom is -0.384 e. The zero-order valence-corrected chi connectivity index (χ0v) is 18.6. The van der Waals surface area contributed by atoms with Crippen molar-refractivity contribution < 1.29 is 4.39 Å². The maximum Gasteiger partial charge on any atom is 0.149 e. The van der Waals surface area contributed by atoms with E-state index in [1.807, 2.05) is 30.3 Å². The number of nitrogens with zero attached hydrogens (tertiary/aromatic N) is 5. The lowest BCUT2D eigenvalue weighted by Crippen LogP contribution is -2.14. The Hall–Kier alpha value is -4.66. The van der Waals surface area contributed by atoms with Gasteiger partial charge in [0, 0.05) is 29.3 Å². The number of halogens is 1. The maximum atomic E-state index is 14.6. The largest absolute Gasteiger partial charge is 0.384 e. The molecule has 0 unspecified atom stereocenters. The second kappa shape index (κ2) is 7.98. The van der Waals surface area contributed by atoms with E-state index in [4.69, 9.17) is 21.9 Å². The van der Waals surface area contributed by atoms with Crippen molar-refractivity contribution in [3.8, 4) is 16.8 Å². The molecule has 8 nitrogen and oxygen atoms in total. The molecule has 1 saturated carbocycles. The first-order valence-corrected chi connectivity index (χ1v) is 11.2. The van der Waals surface area contributed by atoms with Crippen LogP contribution in [-0.4, -0.2) is 31.7 Å². The van der Waals surface area contributed by atoms with E-state index in [1.165, 1.54) is 6.07 Å². The van der Waals surface area contributed by atoms with E-state index in [1.54, 1.807) is 24.5 Å². The number of benzene rings is 2. The molecular formula is C26H21FN8. The molecule has 0 amide bonds. The molecule has 0 radical (unpaired) electrons. The van der Waals surface area contributed by atoms with Crippen LogP contribution >= 0.6 is 0 Å². The van der Waals surface area contributed by atoms with Gasteiger partial charge >= 0.3 is 0 Å². The summed E-state index contributed by atoms with van der Waals surface area (Å²) in [4.78, 5) is 17.4. The normalized spacial score (nSPS) is 14.0. The van der Waals surface area contributed by atoms with Gasteiger partial charge in [-0.15, -0.1) is 0 Å². The number of pyridine rings is 2. The molecule has 1 aliphatic carbocycles. The summed E-state index contributed by atoms with van der Waals surface area (Å²) in [5.74, 6) is 1.37. The minimum absolute atomic E-state index is 0.187. The van der Waals surface area contributed by atoms with Gasteiger partial charge in [0.1, 0.15) is 40.7 Å². The van der Waals surface area contributed by atoms with Crippen LogP contribution in [-0.2, 0) is 0 Å². The lowest BCUT2D eigenvalue weighted by Gasteiger charge is -2.13. The second-order valence-corrected chi connectivity index (χ2v) is 8.55. The number of para-hydroxylation sites is 1. The van der Waals surface area contributed by atoms with Crippen LogP contribution in [0.1, 0.15) is 30.1 Å². The second-order valence-electron chi connectivity index (χ2n) is 8.55. The molecular weight excluding hydrogens is 443 g/mol. The highest BCUT2D eigenvalue weighted by Gasteiger charge is 2.32. The Morgan fingerprint density at radius 2 is 1.89 bits per heavy atom. The highest BCUT2D eigenvalue weighted by molar-refractivity contribution is 6.11. The summed E-state index contributed by atoms with van der Waals surface area (Å²) in [5.41, 5.74) is 17.1. The van der Waals surface area contributed by atoms with Crippen LogP contribution in [0.15, 0.2) is 65.9 Å². The predicted molar refractivity (Wildman–Crippen MR) is 135 cm³/mol. The molecule has 9 heteroatoms. The van der Waals surface area contributed by atoms with Crippen molar-refractivity contribution in [3.63, 3.8) is 0 Å². The van der Waals surface area contributed by atoms with Gasteiger partial charge in [-0.2, -0.15) is 0 Å². The van der Waals surface area contributed by atoms with Crippen molar-refractivity contribution in [2.75, 3.05) is 5.73 Å². The molecule has 6 rings (SSSR count). The molecule has 3 aromatic heterocycles. The predicted octanol–water partition coefficient (Wildman–Crippen LogP) is 4.55. The highest BCUT2D eigenvalue weighted by atomic mass is 19.1. The van der Waals surface area contributed by atoms with E-state index in [9.17, 15) is 4.39 Å². The summed E-state index contributed by atoms with van der Waals surface area (Å²) in [6, 6.07) is 14.4. The molecule has 3 heterocycles. The molecule has 172 valence electrons. The molecule has 0 spiro atoms. The maximum absolute atomic E-state index is 14.6. The number of hydrogen-bond donors (Lipinski definition) is 3. The number of nitrogens with two attached hydrogens (primary N) is 2. The average molecular weight is 465 g/mol. The van der Waals surface area contributed by atoms with Crippen LogP contribution in [0.4, 0.5) is 10.2 Å². The van der Waals surface area contributed by atoms with Gasteiger partial charge in [-0.3, -0.25) is 15.0 Å². The number of aromatic nitrogens is 4. The molecule has 1 fully saturated rings. The average Bonchev–Trinajstić information content (AvgIpc) is 3.64. The quantitative estimate of drug-likeness (QED) is 0.259. The SMILES string of the molecule is N=CN=C(N)c1cc(-c2ccnc(N)c2)cc2c1nc(C1CC1)n2-c1ccnc2c(F)cccc12. The van der Waals surface area contributed by atoms with Crippen molar-refractivity contribution in [1.82, 2.24) is 19.5 Å². The third kappa shape index (κ3) is 3.48. The van der Waals surface area contributed by atoms with Gasteiger partial charge in [-0.1, -0.05) is 12.1 Å². The number of imidazole rings is 1. The Balaban J connectivity index is 1.74. The van der Waals surface area contributed by atoms with Gasteiger partial charge in [-0.25, -0.2) is 19.4 Å². The highest BCUT2D eigenvalue weighted by Crippen LogP contribution is 2.43. The zero-order chi connectivity index (χ0) is 24.1. The molecule has 0 bridgehead atoms. The fourth-order valence-electron chi connectivity index (χ4n) is 4.51. The fraction of sp³-hybridized carbons (Fsp3) is 0.115. The van der Waals surface area contributed by atoms with E-state index in [0.717, 1.165) is 47.3 Å². The summed E-state index contributed by atoms with van der Waals surface area (Å²) in [6.07, 6.45) is 6.22. The van der Waals surface area contributed by atoms with Gasteiger partial charge in [0.2, 0.25) is 0 Å². The van der Waals surface area contributed by atoms with Gasteiger partial charge in [0.05, 0.1) is 11.2 Å². The van der Waals surface area contributed by atoms with E-state index in [0.29, 0.717) is 27.8 Å². The molecule has 2 aromatic carbocycles. The summed E-state index contributed by atoms with van der Waals surface area (Å²) in [7, 11) is 0. The molecule has 0 aliphatic heterocycles. The number of nitrogens with one attached hydrogen (secondary N) is 1. The van der Waals surface area contributed by atoms with Crippen LogP contribution in [0.25, 0.3) is 38.8 Å². The number of anilines is 1. The Kier molecular flexibility index (Phi) is 4.77. The van der Waals surface area contributed by atoms with Gasteiger partial charge in [0.25, 0.3) is 0 Å². The van der Waals surface area contributed by atoms with E-state index >= 15 is 0 Å². The first-order chi connectivity index (χ1) is 17.0. The Morgan fingerprint density at radius 3 is 2.66 bits per heavy atom. The Bertz CT molecular complexity index is 1670. The van der Waals surface area contributed by atoms with Crippen molar-refractivity contribution in [3.05, 3.63) is 78.1 Å². The molecule has 35 heavy (non-hydrogen) atoms. The summed E-state index contributed by atoms with van der Waals surface area (Å²) in [5, 5.41) is 8.11. The fourth-order valence-corrected chi connectivity index (χ4v) is 4.51. The van der Waals surface area contributed by atoms with E-state index in [-0.39, 0.29) is 17.6 Å². The lowest BCUT2D eigenvalue weighted by molar-refractivity contribution is 0.636. The molecule has 1 aliphatic rings. The third-order valence-corrected chi connectivity index (χ3v) is 6.26. The van der Waals surface area contributed by atoms with Gasteiger partial charge < -0.3 is 11.5 Å². The third-order valence-electron chi connectivity index (χ3n) is 6.26. The monoisotopic (exact) mass is 464 g/mol. The topological polar surface area (TPSA) is 132 Å². The summed E-state index contributed by atoms with van der Waals surface area (Å²) >= 11 is 0.